The van der Waals surface area contributed by atoms with Gasteiger partial charge in [0.15, 0.2) is 0 Å². The molecule has 3 aliphatic rings. The number of carbonyl (C=O) groups is 12. The number of aryl methyl sites for hydroxylation is 2. The third-order valence-electron chi connectivity index (χ3n) is 21.4. The fourth-order valence-corrected chi connectivity index (χ4v) is 14.6. The Bertz CT molecular complexity index is 3650. The van der Waals surface area contributed by atoms with E-state index in [1.54, 1.807) is 50.2 Å². The average molecular weight is 1600 g/mol. The summed E-state index contributed by atoms with van der Waals surface area (Å²) in [6.45, 7) is 13.6. The SMILES string of the molecule is CC[C@H](C)[C@@H]1NC(=O)[C@H](CC(C)C)N(C)C(=O)C[C@@H](C(=O)N(C)C)N(C)C(=O)[C@H]([C@@H](C)CC)N(C)C(=O)C2(CCCC2)NC(=O)[C@H](Cc2ccc(I)cc2)N(C)C(=O)[C@H](CCc2ccc(C(F)(F)F)c(Cl)c2)NC(=O)CN(C)C(=O)[C@H](Cc2ccc(C)cc2)N(C)C(=O)[C@@H]2CCN2C(=O)[C@H](C)N(C)C1=O. The highest BCUT2D eigenvalue weighted by Crippen LogP contribution is 2.37. The van der Waals surface area contributed by atoms with Gasteiger partial charge in [-0.05, 0) is 134 Å². The first-order chi connectivity index (χ1) is 49.1. The maximum absolute atomic E-state index is 15.7. The van der Waals surface area contributed by atoms with Gasteiger partial charge in [0.05, 0.1) is 23.6 Å². The van der Waals surface area contributed by atoms with Crippen LogP contribution in [0.2, 0.25) is 5.02 Å². The molecule has 6 rings (SSSR count). The predicted molar refractivity (Wildman–Crippen MR) is 400 cm³/mol. The zero-order valence-corrected chi connectivity index (χ0v) is 66.6. The maximum atomic E-state index is 15.7. The Morgan fingerprint density at radius 1 is 0.657 bits per heavy atom. The van der Waals surface area contributed by atoms with Crippen molar-refractivity contribution >= 4 is 105 Å². The van der Waals surface area contributed by atoms with Crippen molar-refractivity contribution in [2.24, 2.45) is 17.8 Å². The zero-order chi connectivity index (χ0) is 78.6. The molecule has 3 N–H and O–H groups in total. The minimum absolute atomic E-state index is 0.0638. The second-order valence-corrected chi connectivity index (χ2v) is 31.2. The molecule has 2 aliphatic heterocycles. The summed E-state index contributed by atoms with van der Waals surface area (Å²) in [5, 5.41) is 8.09. The lowest BCUT2D eigenvalue weighted by Gasteiger charge is -2.45. The van der Waals surface area contributed by atoms with Gasteiger partial charge in [0, 0.05) is 86.4 Å². The summed E-state index contributed by atoms with van der Waals surface area (Å²) in [6, 6.07) is 5.55. The highest BCUT2D eigenvalue weighted by Gasteiger charge is 2.51. The number of nitrogens with one attached hydrogen (secondary N) is 3. The largest absolute Gasteiger partial charge is 0.417 e. The summed E-state index contributed by atoms with van der Waals surface area (Å²) in [6.07, 6.45) is -3.99. The molecule has 29 heteroatoms. The predicted octanol–water partition coefficient (Wildman–Crippen LogP) is 6.76. The molecule has 2 heterocycles. The van der Waals surface area contributed by atoms with Gasteiger partial charge in [-0.2, -0.15) is 13.2 Å². The third kappa shape index (κ3) is 21.0. The van der Waals surface area contributed by atoms with Crippen LogP contribution in [0.25, 0.3) is 0 Å². The molecule has 105 heavy (non-hydrogen) atoms. The van der Waals surface area contributed by atoms with Crippen LogP contribution < -0.4 is 16.0 Å². The summed E-state index contributed by atoms with van der Waals surface area (Å²) < 4.78 is 42.8. The Balaban J connectivity index is 1.51. The molecule has 24 nitrogen and oxygen atoms in total. The summed E-state index contributed by atoms with van der Waals surface area (Å²) in [7, 11) is 12.6. The second kappa shape index (κ2) is 37.1. The highest BCUT2D eigenvalue weighted by molar-refractivity contribution is 14.1. The third-order valence-corrected chi connectivity index (χ3v) is 22.4. The molecule has 12 amide bonds. The molecule has 0 unspecified atom stereocenters. The number of rotatable bonds is 14. The number of hydrogen-bond donors (Lipinski definition) is 3. The van der Waals surface area contributed by atoms with Gasteiger partial charge in [-0.25, -0.2) is 0 Å². The van der Waals surface area contributed by atoms with Crippen LogP contribution in [-0.2, 0) is 83.0 Å². The number of carbonyl (C=O) groups excluding carboxylic acids is 12. The number of amides is 12. The summed E-state index contributed by atoms with van der Waals surface area (Å²) in [5.41, 5.74) is -0.406. The Labute approximate surface area is 634 Å². The van der Waals surface area contributed by atoms with Crippen LogP contribution in [0, 0.1) is 28.2 Å². The number of hydrogen-bond acceptors (Lipinski definition) is 12. The molecule has 11 atom stereocenters. The smallest absolute Gasteiger partial charge is 0.347 e. The van der Waals surface area contributed by atoms with E-state index in [9.17, 15) is 46.7 Å². The maximum Gasteiger partial charge on any atom is 0.417 e. The Hall–Kier alpha value is -7.89. The second-order valence-electron chi connectivity index (χ2n) is 29.5. The van der Waals surface area contributed by atoms with Crippen LogP contribution >= 0.6 is 34.2 Å². The quantitative estimate of drug-likeness (QED) is 0.141. The van der Waals surface area contributed by atoms with Crippen molar-refractivity contribution < 1.29 is 70.7 Å². The van der Waals surface area contributed by atoms with Crippen LogP contribution in [-0.4, -0.2) is 251 Å². The van der Waals surface area contributed by atoms with Crippen LogP contribution in [0.1, 0.15) is 140 Å². The minimum atomic E-state index is -4.79. The molecule has 3 aromatic carbocycles. The number of benzene rings is 3. The molecular formula is C76H107ClF3IN12O12. The lowest BCUT2D eigenvalue weighted by atomic mass is 9.90. The van der Waals surface area contributed by atoms with E-state index in [4.69, 9.17) is 11.6 Å². The molecule has 1 spiro atoms. The Kier molecular flexibility index (Phi) is 30.4. The van der Waals surface area contributed by atoms with E-state index < -0.39 is 172 Å². The molecule has 2 saturated heterocycles. The fraction of sp³-hybridized carbons (Fsp3) is 0.605. The molecule has 3 fully saturated rings. The van der Waals surface area contributed by atoms with Crippen molar-refractivity contribution in [3.8, 4) is 0 Å². The topological polar surface area (TPSA) is 270 Å². The number of fused-ring (bicyclic) bond motifs is 1. The summed E-state index contributed by atoms with van der Waals surface area (Å²) >= 11 is 8.32. The van der Waals surface area contributed by atoms with Gasteiger partial charge in [-0.3, -0.25) is 57.5 Å². The summed E-state index contributed by atoms with van der Waals surface area (Å²) in [5.74, 6) is -9.90. The first-order valence-electron chi connectivity index (χ1n) is 36.0. The van der Waals surface area contributed by atoms with Crippen molar-refractivity contribution in [1.82, 2.24) is 60.0 Å². The lowest BCUT2D eigenvalue weighted by molar-refractivity contribution is -0.160. The van der Waals surface area contributed by atoms with E-state index in [1.807, 2.05) is 46.8 Å². The number of alkyl halides is 3. The van der Waals surface area contributed by atoms with Crippen molar-refractivity contribution in [3.05, 3.63) is 103 Å². The van der Waals surface area contributed by atoms with Crippen LogP contribution in [0.3, 0.4) is 0 Å². The van der Waals surface area contributed by atoms with Gasteiger partial charge < -0.3 is 60.0 Å². The number of halogens is 5. The molecule has 0 aromatic heterocycles. The van der Waals surface area contributed by atoms with Crippen molar-refractivity contribution in [1.29, 1.82) is 0 Å². The van der Waals surface area contributed by atoms with Crippen LogP contribution in [0.15, 0.2) is 66.7 Å². The molecule has 3 aromatic rings. The van der Waals surface area contributed by atoms with Gasteiger partial charge in [0.2, 0.25) is 70.9 Å². The van der Waals surface area contributed by atoms with E-state index >= 15 is 24.0 Å². The van der Waals surface area contributed by atoms with Gasteiger partial charge in [-0.1, -0.05) is 127 Å². The minimum Gasteiger partial charge on any atom is -0.347 e. The lowest BCUT2D eigenvalue weighted by Crippen LogP contribution is -2.65. The van der Waals surface area contributed by atoms with E-state index in [1.165, 1.54) is 106 Å². The van der Waals surface area contributed by atoms with E-state index in [0.29, 0.717) is 36.8 Å². The first-order valence-corrected chi connectivity index (χ1v) is 37.5. The molecule has 0 bridgehead atoms. The highest BCUT2D eigenvalue weighted by atomic mass is 127. The normalized spacial score (nSPS) is 24.8. The van der Waals surface area contributed by atoms with Crippen LogP contribution in [0.4, 0.5) is 13.2 Å². The van der Waals surface area contributed by atoms with Crippen molar-refractivity contribution in [2.45, 2.75) is 205 Å². The van der Waals surface area contributed by atoms with Crippen molar-refractivity contribution in [3.63, 3.8) is 0 Å². The van der Waals surface area contributed by atoms with Crippen molar-refractivity contribution in [2.75, 3.05) is 76.5 Å². The summed E-state index contributed by atoms with van der Waals surface area (Å²) in [4.78, 5) is 192. The van der Waals surface area contributed by atoms with Gasteiger partial charge in [-0.15, -0.1) is 0 Å². The van der Waals surface area contributed by atoms with Crippen LogP contribution in [0.5, 0.6) is 0 Å². The average Bonchev–Trinajstić information content (AvgIpc) is 1.71. The number of likely N-dealkylation sites (N-methyl/N-ethyl adjacent to an activating group) is 8. The first kappa shape index (κ1) is 86.0. The van der Waals surface area contributed by atoms with Gasteiger partial charge in [0.25, 0.3) is 0 Å². The molecule has 578 valence electrons. The Morgan fingerprint density at radius 2 is 1.22 bits per heavy atom. The standard InChI is InChI=1S/C76H107ClF3IN12O12/c1-18-46(6)63-72(103)87(12)48(8)67(98)93-37-34-56(93)71(102)90(15)59(41-50-24-22-45(5)23-25-50)70(101)86(11)43-61(94)82-55(33-29-49-28-32-53(54(77)39-49)76(78,79)80)68(99)89(14)58(40-51-26-30-52(81)31-27-51)66(97)84-75(35-20-21-36-75)74(105)92(17)64(47(7)19-2)73(104)91(16)60(69(100)85(9)10)42-62(95)88(13)57(38-44(3)4)65(96)83-63/h22-28,30-32,39,44,46-48,55-60,63-64H,18-21,29,33-38,40-43H2,1-17H3,(H,82,94)(H,83,96)(H,84,97)/t46-,47-,48-,55-,56-,57-,58-,59-,60-,63-,64-/m0/s1. The van der Waals surface area contributed by atoms with E-state index in [-0.39, 0.29) is 69.4 Å². The zero-order valence-electron chi connectivity index (χ0n) is 63.7. The monoisotopic (exact) mass is 1600 g/mol. The molecule has 0 radical (unpaired) electrons. The fourth-order valence-electron chi connectivity index (χ4n) is 13.9. The van der Waals surface area contributed by atoms with Gasteiger partial charge in [0.1, 0.15) is 59.9 Å². The molecular weight excluding hydrogens is 1490 g/mol. The molecule has 1 aliphatic carbocycles. The van der Waals surface area contributed by atoms with E-state index in [0.717, 1.165) is 36.0 Å². The van der Waals surface area contributed by atoms with Gasteiger partial charge >= 0.3 is 6.18 Å². The molecule has 1 saturated carbocycles. The Morgan fingerprint density at radius 3 is 1.75 bits per heavy atom. The number of nitrogens with zero attached hydrogens (tertiary/aromatic N) is 9. The van der Waals surface area contributed by atoms with E-state index in [2.05, 4.69) is 38.5 Å².